The average molecular weight is 405 g/mol. The maximum Gasteiger partial charge on any atom is 0.340 e. The van der Waals surface area contributed by atoms with E-state index in [-0.39, 0.29) is 13.4 Å². The molecule has 2 aromatic carbocycles. The number of hydrogen-bond acceptors (Lipinski definition) is 7. The van der Waals surface area contributed by atoms with Gasteiger partial charge >= 0.3 is 11.9 Å². The van der Waals surface area contributed by atoms with Gasteiger partial charge in [-0.25, -0.2) is 14.6 Å². The van der Waals surface area contributed by atoms with Gasteiger partial charge in [-0.2, -0.15) is 0 Å². The van der Waals surface area contributed by atoms with Crippen molar-refractivity contribution in [1.29, 1.82) is 0 Å². The molecule has 2 heterocycles. The number of rotatable bonds is 5. The molecule has 0 saturated carbocycles. The largest absolute Gasteiger partial charge is 0.465 e. The molecule has 1 aromatic heterocycles. The first-order valence-corrected chi connectivity index (χ1v) is 9.28. The molecule has 0 fully saturated rings. The number of carbonyl (C=O) groups excluding carboxylic acids is 2. The fourth-order valence-corrected chi connectivity index (χ4v) is 3.29. The van der Waals surface area contributed by atoms with Crippen LogP contribution in [0.4, 0.5) is 0 Å². The van der Waals surface area contributed by atoms with Crippen molar-refractivity contribution in [2.45, 2.75) is 13.5 Å². The van der Waals surface area contributed by atoms with Gasteiger partial charge in [-0.15, -0.1) is 0 Å². The Morgan fingerprint density at radius 3 is 2.77 bits per heavy atom. The van der Waals surface area contributed by atoms with Crippen molar-refractivity contribution in [3.05, 3.63) is 70.9 Å². The van der Waals surface area contributed by atoms with Crippen molar-refractivity contribution in [2.75, 3.05) is 13.9 Å². The fraction of sp³-hybridized carbons (Fsp3) is 0.174. The topological polar surface area (TPSA) is 84.0 Å². The number of hydrogen-bond donors (Lipinski definition) is 0. The van der Waals surface area contributed by atoms with Crippen molar-refractivity contribution >= 4 is 28.9 Å². The molecule has 0 saturated heterocycles. The van der Waals surface area contributed by atoms with Gasteiger partial charge in [0.2, 0.25) is 6.79 Å². The van der Waals surface area contributed by atoms with Gasteiger partial charge in [0.05, 0.1) is 23.9 Å². The summed E-state index contributed by atoms with van der Waals surface area (Å²) in [5, 5.41) is 0.843. The zero-order valence-corrected chi connectivity index (χ0v) is 16.5. The third-order valence-electron chi connectivity index (χ3n) is 4.78. The molecule has 7 nitrogen and oxygen atoms in total. The summed E-state index contributed by atoms with van der Waals surface area (Å²) in [5.74, 6) is 0.218. The molecule has 0 radical (unpaired) electrons. The van der Waals surface area contributed by atoms with Gasteiger partial charge in [0, 0.05) is 11.5 Å². The summed E-state index contributed by atoms with van der Waals surface area (Å²) in [7, 11) is 1.31. The first kappa shape index (κ1) is 19.4. The molecule has 0 bridgehead atoms. The summed E-state index contributed by atoms with van der Waals surface area (Å²) < 4.78 is 20.8. The highest BCUT2D eigenvalue weighted by molar-refractivity contribution is 5.98. The third-order valence-corrected chi connectivity index (χ3v) is 4.78. The summed E-state index contributed by atoms with van der Waals surface area (Å²) in [5.41, 5.74) is 2.87. The van der Waals surface area contributed by atoms with Gasteiger partial charge in [0.1, 0.15) is 6.61 Å². The van der Waals surface area contributed by atoms with E-state index in [1.165, 1.54) is 13.2 Å². The lowest BCUT2D eigenvalue weighted by molar-refractivity contribution is -0.139. The van der Waals surface area contributed by atoms with Crippen molar-refractivity contribution < 1.29 is 28.5 Å². The summed E-state index contributed by atoms with van der Waals surface area (Å²) in [6.07, 6.45) is 2.92. The molecule has 3 aromatic rings. The normalized spacial score (nSPS) is 12.3. The Hall–Kier alpha value is -3.87. The molecule has 0 aliphatic carbocycles. The van der Waals surface area contributed by atoms with Crippen LogP contribution in [0.2, 0.25) is 0 Å². The van der Waals surface area contributed by atoms with Gasteiger partial charge in [-0.3, -0.25) is 0 Å². The van der Waals surface area contributed by atoms with E-state index in [0.29, 0.717) is 28.3 Å². The van der Waals surface area contributed by atoms with Crippen molar-refractivity contribution in [1.82, 2.24) is 4.98 Å². The standard InChI is InChI=1S/C23H19NO6/c1-14-16-5-3-4-6-17(16)24-18(22(14)23(26)27-2)12-28-21(25)10-8-15-7-9-19-20(11-15)30-13-29-19/h3-11H,12-13H2,1-2H3/b10-8+. The minimum Gasteiger partial charge on any atom is -0.465 e. The number of aryl methyl sites for hydroxylation is 1. The minimum absolute atomic E-state index is 0.152. The highest BCUT2D eigenvalue weighted by atomic mass is 16.7. The van der Waals surface area contributed by atoms with Crippen molar-refractivity contribution in [3.8, 4) is 11.5 Å². The van der Waals surface area contributed by atoms with Crippen molar-refractivity contribution in [3.63, 3.8) is 0 Å². The van der Waals surface area contributed by atoms with Gasteiger partial charge in [0.15, 0.2) is 11.5 Å². The Balaban J connectivity index is 1.52. The van der Waals surface area contributed by atoms with E-state index >= 15 is 0 Å². The van der Waals surface area contributed by atoms with Crippen LogP contribution in [0.3, 0.4) is 0 Å². The Morgan fingerprint density at radius 1 is 1.13 bits per heavy atom. The monoisotopic (exact) mass is 405 g/mol. The average Bonchev–Trinajstić information content (AvgIpc) is 3.24. The summed E-state index contributed by atoms with van der Waals surface area (Å²) >= 11 is 0. The van der Waals surface area contributed by atoms with E-state index in [1.807, 2.05) is 31.2 Å². The summed E-state index contributed by atoms with van der Waals surface area (Å²) in [4.78, 5) is 29.0. The highest BCUT2D eigenvalue weighted by Gasteiger charge is 2.20. The fourth-order valence-electron chi connectivity index (χ4n) is 3.29. The molecule has 152 valence electrons. The number of benzene rings is 2. The molecule has 0 atom stereocenters. The molecular formula is C23H19NO6. The molecule has 4 rings (SSSR count). The van der Waals surface area contributed by atoms with Crippen LogP contribution < -0.4 is 9.47 Å². The van der Waals surface area contributed by atoms with Crippen LogP contribution in [-0.4, -0.2) is 30.8 Å². The summed E-state index contributed by atoms with van der Waals surface area (Å²) in [6, 6.07) is 12.8. The van der Waals surface area contributed by atoms with E-state index < -0.39 is 11.9 Å². The lowest BCUT2D eigenvalue weighted by Gasteiger charge is -2.13. The van der Waals surface area contributed by atoms with E-state index in [0.717, 1.165) is 16.5 Å². The van der Waals surface area contributed by atoms with Gasteiger partial charge < -0.3 is 18.9 Å². The Kier molecular flexibility index (Phi) is 5.34. The van der Waals surface area contributed by atoms with E-state index in [4.69, 9.17) is 18.9 Å². The minimum atomic E-state index is -0.559. The molecule has 7 heteroatoms. The second-order valence-corrected chi connectivity index (χ2v) is 6.62. The molecular weight excluding hydrogens is 386 g/mol. The number of nitrogens with zero attached hydrogens (tertiary/aromatic N) is 1. The van der Waals surface area contributed by atoms with Crippen LogP contribution in [0, 0.1) is 6.92 Å². The number of aromatic nitrogens is 1. The van der Waals surface area contributed by atoms with Crippen LogP contribution in [0.15, 0.2) is 48.5 Å². The lowest BCUT2D eigenvalue weighted by Crippen LogP contribution is -2.13. The number of methoxy groups -OCH3 is 1. The zero-order valence-electron chi connectivity index (χ0n) is 16.5. The van der Waals surface area contributed by atoms with Crippen LogP contribution >= 0.6 is 0 Å². The summed E-state index contributed by atoms with van der Waals surface area (Å²) in [6.45, 7) is 1.85. The maximum absolute atomic E-state index is 12.3. The SMILES string of the molecule is COC(=O)c1c(COC(=O)/C=C/c2ccc3c(c2)OCO3)nc2ccccc2c1C. The zero-order chi connectivity index (χ0) is 21.1. The number of fused-ring (bicyclic) bond motifs is 2. The molecule has 1 aliphatic rings. The highest BCUT2D eigenvalue weighted by Crippen LogP contribution is 2.32. The smallest absolute Gasteiger partial charge is 0.340 e. The number of pyridine rings is 1. The predicted octanol–water partition coefficient (Wildman–Crippen LogP) is 3.82. The van der Waals surface area contributed by atoms with Crippen LogP contribution in [0.1, 0.15) is 27.2 Å². The lowest BCUT2D eigenvalue weighted by atomic mass is 10.0. The maximum atomic E-state index is 12.3. The number of para-hydroxylation sites is 1. The van der Waals surface area contributed by atoms with Gasteiger partial charge in [0.25, 0.3) is 0 Å². The second-order valence-electron chi connectivity index (χ2n) is 6.62. The second kappa shape index (κ2) is 8.24. The third kappa shape index (κ3) is 3.82. The Bertz CT molecular complexity index is 1170. The van der Waals surface area contributed by atoms with E-state index in [2.05, 4.69) is 4.98 Å². The first-order valence-electron chi connectivity index (χ1n) is 9.28. The Labute approximate surface area is 172 Å². The van der Waals surface area contributed by atoms with Gasteiger partial charge in [-0.05, 0) is 42.3 Å². The molecule has 0 N–H and O–H groups in total. The van der Waals surface area contributed by atoms with Crippen LogP contribution in [0.25, 0.3) is 17.0 Å². The Morgan fingerprint density at radius 2 is 1.93 bits per heavy atom. The molecule has 1 aliphatic heterocycles. The molecule has 0 spiro atoms. The number of ether oxygens (including phenoxy) is 4. The predicted molar refractivity (Wildman–Crippen MR) is 109 cm³/mol. The number of carbonyl (C=O) groups is 2. The number of esters is 2. The van der Waals surface area contributed by atoms with Crippen LogP contribution in [0.5, 0.6) is 11.5 Å². The molecule has 30 heavy (non-hydrogen) atoms. The molecule has 0 unspecified atom stereocenters. The first-order chi connectivity index (χ1) is 14.6. The van der Waals surface area contributed by atoms with Crippen LogP contribution in [-0.2, 0) is 20.9 Å². The molecule has 0 amide bonds. The van der Waals surface area contributed by atoms with Gasteiger partial charge in [-0.1, -0.05) is 24.3 Å². The van der Waals surface area contributed by atoms with Crippen molar-refractivity contribution in [2.24, 2.45) is 0 Å². The quantitative estimate of drug-likeness (QED) is 0.471. The van der Waals surface area contributed by atoms with E-state index in [1.54, 1.807) is 24.3 Å². The van der Waals surface area contributed by atoms with E-state index in [9.17, 15) is 9.59 Å².